The van der Waals surface area contributed by atoms with E-state index in [1.165, 1.54) is 11.1 Å². The zero-order valence-corrected chi connectivity index (χ0v) is 13.5. The Balaban J connectivity index is 1.66. The highest BCUT2D eigenvalue weighted by Gasteiger charge is 2.40. The van der Waals surface area contributed by atoms with Gasteiger partial charge >= 0.3 is 0 Å². The average Bonchev–Trinajstić information content (AvgIpc) is 2.58. The van der Waals surface area contributed by atoms with E-state index < -0.39 is 0 Å². The van der Waals surface area contributed by atoms with Gasteiger partial charge in [-0.3, -0.25) is 4.79 Å². The zero-order valence-electron chi connectivity index (χ0n) is 13.5. The van der Waals surface area contributed by atoms with Crippen LogP contribution in [0.2, 0.25) is 0 Å². The number of carbonyl (C=O) groups is 1. The predicted octanol–water partition coefficient (Wildman–Crippen LogP) is 3.36. The summed E-state index contributed by atoms with van der Waals surface area (Å²) in [6.45, 7) is 3.68. The molecule has 2 aromatic rings. The highest BCUT2D eigenvalue weighted by atomic mass is 16.5. The topological polar surface area (TPSA) is 38.3 Å². The van der Waals surface area contributed by atoms with Crippen LogP contribution in [0.5, 0.6) is 0 Å². The molecule has 0 spiro atoms. The van der Waals surface area contributed by atoms with Crippen molar-refractivity contribution < 1.29 is 9.53 Å². The Morgan fingerprint density at radius 3 is 2.00 bits per heavy atom. The largest absolute Gasteiger partial charge is 0.379 e. The first-order chi connectivity index (χ1) is 11.2. The van der Waals surface area contributed by atoms with Crippen LogP contribution in [0.3, 0.4) is 0 Å². The van der Waals surface area contributed by atoms with Crippen LogP contribution in [-0.4, -0.2) is 25.7 Å². The number of rotatable bonds is 6. The van der Waals surface area contributed by atoms with E-state index in [1.807, 2.05) is 19.1 Å². The van der Waals surface area contributed by atoms with Crippen LogP contribution in [0.4, 0.5) is 0 Å². The molecule has 23 heavy (non-hydrogen) atoms. The molecule has 1 heterocycles. The molecule has 0 aliphatic carbocycles. The normalized spacial score (nSPS) is 15.9. The van der Waals surface area contributed by atoms with Crippen LogP contribution in [0.25, 0.3) is 0 Å². The number of hydrogen-bond donors (Lipinski definition) is 1. The molecule has 1 saturated heterocycles. The van der Waals surface area contributed by atoms with E-state index in [2.05, 4.69) is 53.8 Å². The summed E-state index contributed by atoms with van der Waals surface area (Å²) in [6, 6.07) is 20.9. The van der Waals surface area contributed by atoms with Gasteiger partial charge in [-0.25, -0.2) is 0 Å². The van der Waals surface area contributed by atoms with Crippen molar-refractivity contribution in [3.8, 4) is 0 Å². The molecule has 0 saturated carbocycles. The van der Waals surface area contributed by atoms with Crippen molar-refractivity contribution in [2.75, 3.05) is 19.8 Å². The van der Waals surface area contributed by atoms with Crippen molar-refractivity contribution in [1.82, 2.24) is 5.32 Å². The van der Waals surface area contributed by atoms with Gasteiger partial charge in [0.05, 0.1) is 18.6 Å². The van der Waals surface area contributed by atoms with Crippen molar-refractivity contribution >= 4 is 5.91 Å². The fraction of sp³-hybridized carbons (Fsp3) is 0.350. The molecule has 120 valence electrons. The van der Waals surface area contributed by atoms with E-state index in [0.29, 0.717) is 25.7 Å². The summed E-state index contributed by atoms with van der Waals surface area (Å²) in [4.78, 5) is 12.2. The molecule has 0 bridgehead atoms. The number of hydrogen-bond acceptors (Lipinski definition) is 2. The lowest BCUT2D eigenvalue weighted by Gasteiger charge is -2.36. The molecular weight excluding hydrogens is 286 g/mol. The zero-order chi connectivity index (χ0) is 16.1. The molecule has 0 atom stereocenters. The van der Waals surface area contributed by atoms with Crippen LogP contribution in [0, 0.1) is 5.41 Å². The maximum atomic E-state index is 12.2. The lowest BCUT2D eigenvalue weighted by molar-refractivity contribution is -0.157. The minimum absolute atomic E-state index is 0.101. The Bertz CT molecular complexity index is 596. The van der Waals surface area contributed by atoms with Crippen LogP contribution >= 0.6 is 0 Å². The second-order valence-corrected chi connectivity index (χ2v) is 6.47. The predicted molar refractivity (Wildman–Crippen MR) is 91.3 cm³/mol. The summed E-state index contributed by atoms with van der Waals surface area (Å²) in [6.07, 6.45) is 0.886. The van der Waals surface area contributed by atoms with Crippen LogP contribution in [0.15, 0.2) is 60.7 Å². The second kappa shape index (κ2) is 6.97. The Morgan fingerprint density at radius 2 is 1.57 bits per heavy atom. The van der Waals surface area contributed by atoms with Crippen molar-refractivity contribution in [3.05, 3.63) is 71.8 Å². The molecule has 1 N–H and O–H groups in total. The molecular formula is C20H23NO2. The van der Waals surface area contributed by atoms with Gasteiger partial charge in [-0.05, 0) is 24.5 Å². The van der Waals surface area contributed by atoms with E-state index in [0.717, 1.165) is 6.42 Å². The van der Waals surface area contributed by atoms with E-state index in [-0.39, 0.29) is 11.3 Å². The van der Waals surface area contributed by atoms with E-state index in [1.54, 1.807) is 0 Å². The SMILES string of the molecule is CC1(C(=O)NCCC(c2ccccc2)c2ccccc2)COC1. The summed E-state index contributed by atoms with van der Waals surface area (Å²) in [5, 5.41) is 3.08. The van der Waals surface area contributed by atoms with Gasteiger partial charge < -0.3 is 10.1 Å². The lowest BCUT2D eigenvalue weighted by atomic mass is 9.86. The van der Waals surface area contributed by atoms with Gasteiger partial charge in [0.2, 0.25) is 5.91 Å². The first kappa shape index (κ1) is 15.8. The minimum Gasteiger partial charge on any atom is -0.379 e. The number of carbonyl (C=O) groups excluding carboxylic acids is 1. The van der Waals surface area contributed by atoms with Gasteiger partial charge in [-0.2, -0.15) is 0 Å². The summed E-state index contributed by atoms with van der Waals surface area (Å²) in [7, 11) is 0. The third-order valence-corrected chi connectivity index (χ3v) is 4.51. The van der Waals surface area contributed by atoms with Gasteiger partial charge in [0, 0.05) is 12.5 Å². The van der Waals surface area contributed by atoms with Crippen molar-refractivity contribution in [2.45, 2.75) is 19.3 Å². The smallest absolute Gasteiger partial charge is 0.230 e. The Hall–Kier alpha value is -2.13. The molecule has 3 heteroatoms. The van der Waals surface area contributed by atoms with Gasteiger partial charge in [0.1, 0.15) is 0 Å². The Morgan fingerprint density at radius 1 is 1.04 bits per heavy atom. The maximum Gasteiger partial charge on any atom is 0.230 e. The quantitative estimate of drug-likeness (QED) is 0.888. The summed E-state index contributed by atoms with van der Waals surface area (Å²) in [5.74, 6) is 0.395. The third kappa shape index (κ3) is 3.62. The second-order valence-electron chi connectivity index (χ2n) is 6.47. The molecule has 0 aromatic heterocycles. The van der Waals surface area contributed by atoms with E-state index in [4.69, 9.17) is 4.74 Å². The number of nitrogens with one attached hydrogen (secondary N) is 1. The number of ether oxygens (including phenoxy) is 1. The molecule has 3 rings (SSSR count). The van der Waals surface area contributed by atoms with Crippen LogP contribution in [-0.2, 0) is 9.53 Å². The molecule has 0 radical (unpaired) electrons. The average molecular weight is 309 g/mol. The molecule has 1 aliphatic heterocycles. The number of benzene rings is 2. The molecule has 1 amide bonds. The highest BCUT2D eigenvalue weighted by molar-refractivity contribution is 5.83. The van der Waals surface area contributed by atoms with Gasteiger partial charge in [0.15, 0.2) is 0 Å². The standard InChI is InChI=1S/C20H23NO2/c1-20(14-23-15-20)19(22)21-13-12-18(16-8-4-2-5-9-16)17-10-6-3-7-11-17/h2-11,18H,12-15H2,1H3,(H,21,22). The molecule has 3 nitrogen and oxygen atoms in total. The monoisotopic (exact) mass is 309 g/mol. The van der Waals surface area contributed by atoms with E-state index in [9.17, 15) is 4.79 Å². The fourth-order valence-electron chi connectivity index (χ4n) is 2.98. The third-order valence-electron chi connectivity index (χ3n) is 4.51. The molecule has 2 aromatic carbocycles. The Kier molecular flexibility index (Phi) is 4.77. The molecule has 0 unspecified atom stereocenters. The van der Waals surface area contributed by atoms with Crippen LogP contribution in [0.1, 0.15) is 30.4 Å². The first-order valence-electron chi connectivity index (χ1n) is 8.15. The van der Waals surface area contributed by atoms with Crippen molar-refractivity contribution in [3.63, 3.8) is 0 Å². The lowest BCUT2D eigenvalue weighted by Crippen LogP contribution is -2.52. The van der Waals surface area contributed by atoms with Crippen molar-refractivity contribution in [2.24, 2.45) is 5.41 Å². The summed E-state index contributed by atoms with van der Waals surface area (Å²) >= 11 is 0. The first-order valence-corrected chi connectivity index (χ1v) is 8.15. The Labute approximate surface area is 137 Å². The summed E-state index contributed by atoms with van der Waals surface area (Å²) in [5.41, 5.74) is 2.23. The molecule has 1 fully saturated rings. The highest BCUT2D eigenvalue weighted by Crippen LogP contribution is 2.29. The minimum atomic E-state index is -0.338. The van der Waals surface area contributed by atoms with Gasteiger partial charge in [-0.1, -0.05) is 60.7 Å². The molecule has 1 aliphatic rings. The number of amides is 1. The summed E-state index contributed by atoms with van der Waals surface area (Å²) < 4.78 is 5.16. The fourth-order valence-corrected chi connectivity index (χ4v) is 2.98. The van der Waals surface area contributed by atoms with Crippen molar-refractivity contribution in [1.29, 1.82) is 0 Å². The maximum absolute atomic E-state index is 12.2. The van der Waals surface area contributed by atoms with E-state index >= 15 is 0 Å². The van der Waals surface area contributed by atoms with Gasteiger partial charge in [-0.15, -0.1) is 0 Å². The van der Waals surface area contributed by atoms with Gasteiger partial charge in [0.25, 0.3) is 0 Å². The van der Waals surface area contributed by atoms with Crippen LogP contribution < -0.4 is 5.32 Å².